The molecule has 0 N–H and O–H groups in total. The highest BCUT2D eigenvalue weighted by Crippen LogP contribution is 2.26. The molecular formula is C16H22N4O3. The first kappa shape index (κ1) is 17.2. The third-order valence-electron chi connectivity index (χ3n) is 3.96. The monoisotopic (exact) mass is 318 g/mol. The van der Waals surface area contributed by atoms with E-state index in [4.69, 9.17) is 9.47 Å². The van der Waals surface area contributed by atoms with Crippen molar-refractivity contribution in [3.63, 3.8) is 0 Å². The average molecular weight is 318 g/mol. The minimum absolute atomic E-state index is 0.169. The maximum atomic E-state index is 11.8. The molecule has 2 heterocycles. The van der Waals surface area contributed by atoms with Crippen molar-refractivity contribution in [2.75, 3.05) is 25.1 Å². The van der Waals surface area contributed by atoms with Gasteiger partial charge in [-0.25, -0.2) is 4.79 Å². The SMILES string of the molecule is CCc1nnc(N2CC(C(=O)OC)O[C@H](C)C2)c(C#N)c1CC. The fraction of sp³-hybridized carbons (Fsp3) is 0.625. The van der Waals surface area contributed by atoms with Crippen LogP contribution in [0.3, 0.4) is 0 Å². The maximum absolute atomic E-state index is 11.8. The number of carbonyl (C=O) groups excluding carboxylic acids is 1. The molecule has 7 nitrogen and oxygen atoms in total. The Kier molecular flexibility index (Phi) is 5.50. The van der Waals surface area contributed by atoms with Crippen molar-refractivity contribution in [2.24, 2.45) is 0 Å². The number of esters is 1. The van der Waals surface area contributed by atoms with E-state index >= 15 is 0 Å². The number of hydrogen-bond donors (Lipinski definition) is 0. The number of hydrogen-bond acceptors (Lipinski definition) is 7. The lowest BCUT2D eigenvalue weighted by atomic mass is 10.0. The van der Waals surface area contributed by atoms with Crippen LogP contribution in [0.1, 0.15) is 37.6 Å². The minimum atomic E-state index is -0.687. The van der Waals surface area contributed by atoms with Crippen LogP contribution >= 0.6 is 0 Å². The number of anilines is 1. The smallest absolute Gasteiger partial charge is 0.336 e. The molecule has 0 aromatic carbocycles. The average Bonchev–Trinajstić information content (AvgIpc) is 2.58. The Morgan fingerprint density at radius 1 is 1.39 bits per heavy atom. The molecule has 2 atom stereocenters. The second-order valence-corrected chi connectivity index (χ2v) is 5.51. The lowest BCUT2D eigenvalue weighted by molar-refractivity contribution is -0.158. The van der Waals surface area contributed by atoms with Crippen LogP contribution in [0.15, 0.2) is 0 Å². The van der Waals surface area contributed by atoms with Gasteiger partial charge in [0.25, 0.3) is 0 Å². The van der Waals surface area contributed by atoms with Crippen molar-refractivity contribution < 1.29 is 14.3 Å². The van der Waals surface area contributed by atoms with Crippen LogP contribution in [0.5, 0.6) is 0 Å². The fourth-order valence-electron chi connectivity index (χ4n) is 2.89. The van der Waals surface area contributed by atoms with Gasteiger partial charge in [-0.1, -0.05) is 13.8 Å². The lowest BCUT2D eigenvalue weighted by Gasteiger charge is -2.36. The molecule has 1 saturated heterocycles. The zero-order valence-electron chi connectivity index (χ0n) is 14.0. The molecule has 0 bridgehead atoms. The standard InChI is InChI=1S/C16H22N4O3/c1-5-11-12(7-17)15(19-18-13(11)6-2)20-8-10(3)23-14(9-20)16(21)22-4/h10,14H,5-6,8-9H2,1-4H3/t10-,14?/m1/s1. The van der Waals surface area contributed by atoms with Crippen LogP contribution in [-0.4, -0.2) is 48.6 Å². The van der Waals surface area contributed by atoms with Gasteiger partial charge >= 0.3 is 5.97 Å². The zero-order valence-corrected chi connectivity index (χ0v) is 14.0. The number of rotatable bonds is 4. The van der Waals surface area contributed by atoms with Gasteiger partial charge in [0.05, 0.1) is 25.5 Å². The Labute approximate surface area is 136 Å². The molecule has 1 aromatic rings. The summed E-state index contributed by atoms with van der Waals surface area (Å²) in [6.07, 6.45) is 0.592. The van der Waals surface area contributed by atoms with Gasteiger partial charge < -0.3 is 14.4 Å². The van der Waals surface area contributed by atoms with Gasteiger partial charge in [0.15, 0.2) is 11.9 Å². The molecule has 1 aliphatic heterocycles. The van der Waals surface area contributed by atoms with Gasteiger partial charge in [0.1, 0.15) is 11.6 Å². The van der Waals surface area contributed by atoms with E-state index in [-0.39, 0.29) is 6.10 Å². The van der Waals surface area contributed by atoms with Gasteiger partial charge in [-0.05, 0) is 25.3 Å². The summed E-state index contributed by atoms with van der Waals surface area (Å²) in [4.78, 5) is 13.7. The molecule has 23 heavy (non-hydrogen) atoms. The minimum Gasteiger partial charge on any atom is -0.467 e. The number of nitriles is 1. The van der Waals surface area contributed by atoms with Crippen molar-refractivity contribution in [3.05, 3.63) is 16.8 Å². The quantitative estimate of drug-likeness (QED) is 0.772. The Balaban J connectivity index is 2.41. The molecule has 0 spiro atoms. The van der Waals surface area contributed by atoms with Crippen LogP contribution in [0.4, 0.5) is 5.82 Å². The van der Waals surface area contributed by atoms with Crippen molar-refractivity contribution in [3.8, 4) is 6.07 Å². The molecule has 2 rings (SSSR count). The summed E-state index contributed by atoms with van der Waals surface area (Å²) in [6.45, 7) is 6.72. The second-order valence-electron chi connectivity index (χ2n) is 5.51. The molecule has 0 radical (unpaired) electrons. The molecule has 0 saturated carbocycles. The van der Waals surface area contributed by atoms with E-state index in [9.17, 15) is 10.1 Å². The van der Waals surface area contributed by atoms with Crippen molar-refractivity contribution in [2.45, 2.75) is 45.8 Å². The van der Waals surface area contributed by atoms with Crippen LogP contribution < -0.4 is 4.90 Å². The van der Waals surface area contributed by atoms with Gasteiger partial charge in [-0.2, -0.15) is 10.4 Å². The highest BCUT2D eigenvalue weighted by Gasteiger charge is 2.33. The number of ether oxygens (including phenoxy) is 2. The van der Waals surface area contributed by atoms with Gasteiger partial charge in [-0.15, -0.1) is 5.10 Å². The first-order chi connectivity index (χ1) is 11.0. The Hall–Kier alpha value is -2.20. The predicted molar refractivity (Wildman–Crippen MR) is 84.1 cm³/mol. The first-order valence-electron chi connectivity index (χ1n) is 7.82. The molecule has 1 aliphatic rings. The number of morpholine rings is 1. The summed E-state index contributed by atoms with van der Waals surface area (Å²) in [5, 5.41) is 18.1. The van der Waals surface area contributed by atoms with E-state index in [0.717, 1.165) is 24.1 Å². The summed E-state index contributed by atoms with van der Waals surface area (Å²) in [6, 6.07) is 2.26. The molecule has 7 heteroatoms. The topological polar surface area (TPSA) is 88.3 Å². The highest BCUT2D eigenvalue weighted by atomic mass is 16.6. The predicted octanol–water partition coefficient (Wildman–Crippen LogP) is 1.24. The maximum Gasteiger partial charge on any atom is 0.336 e. The zero-order chi connectivity index (χ0) is 17.0. The summed E-state index contributed by atoms with van der Waals surface area (Å²) in [5.41, 5.74) is 2.31. The van der Waals surface area contributed by atoms with Gasteiger partial charge in [-0.3, -0.25) is 0 Å². The Morgan fingerprint density at radius 3 is 2.70 bits per heavy atom. The number of nitrogens with zero attached hydrogens (tertiary/aromatic N) is 4. The van der Waals surface area contributed by atoms with Crippen LogP contribution in [0.2, 0.25) is 0 Å². The number of aromatic nitrogens is 2. The summed E-state index contributed by atoms with van der Waals surface area (Å²) in [7, 11) is 1.33. The van der Waals surface area contributed by atoms with Crippen LogP contribution in [0, 0.1) is 11.3 Å². The van der Waals surface area contributed by atoms with E-state index < -0.39 is 12.1 Å². The summed E-state index contributed by atoms with van der Waals surface area (Å²) in [5.74, 6) is 0.0968. The molecule has 124 valence electrons. The lowest BCUT2D eigenvalue weighted by Crippen LogP contribution is -2.50. The van der Waals surface area contributed by atoms with E-state index in [1.165, 1.54) is 7.11 Å². The summed E-state index contributed by atoms with van der Waals surface area (Å²) < 4.78 is 10.4. The third kappa shape index (κ3) is 3.42. The van der Waals surface area contributed by atoms with E-state index in [0.29, 0.717) is 24.5 Å². The number of aryl methyl sites for hydroxylation is 1. The number of carbonyl (C=O) groups is 1. The van der Waals surface area contributed by atoms with Crippen molar-refractivity contribution in [1.29, 1.82) is 5.26 Å². The Morgan fingerprint density at radius 2 is 2.13 bits per heavy atom. The van der Waals surface area contributed by atoms with Crippen molar-refractivity contribution >= 4 is 11.8 Å². The molecular weight excluding hydrogens is 296 g/mol. The molecule has 1 fully saturated rings. The van der Waals surface area contributed by atoms with E-state index in [1.807, 2.05) is 25.7 Å². The van der Waals surface area contributed by atoms with Crippen LogP contribution in [-0.2, 0) is 27.1 Å². The second kappa shape index (κ2) is 7.38. The first-order valence-corrected chi connectivity index (χ1v) is 7.82. The van der Waals surface area contributed by atoms with Crippen molar-refractivity contribution in [1.82, 2.24) is 10.2 Å². The fourth-order valence-corrected chi connectivity index (χ4v) is 2.89. The normalized spacial score (nSPS) is 20.9. The van der Waals surface area contributed by atoms with E-state index in [2.05, 4.69) is 16.3 Å². The largest absolute Gasteiger partial charge is 0.467 e. The summed E-state index contributed by atoms with van der Waals surface area (Å²) >= 11 is 0. The molecule has 1 aromatic heterocycles. The molecule has 1 unspecified atom stereocenters. The molecule has 0 amide bonds. The van der Waals surface area contributed by atoms with Gasteiger partial charge in [0, 0.05) is 6.54 Å². The number of methoxy groups -OCH3 is 1. The third-order valence-corrected chi connectivity index (χ3v) is 3.96. The Bertz CT molecular complexity index is 626. The van der Waals surface area contributed by atoms with E-state index in [1.54, 1.807) is 0 Å². The highest BCUT2D eigenvalue weighted by molar-refractivity contribution is 5.76. The van der Waals surface area contributed by atoms with Gasteiger partial charge in [0.2, 0.25) is 0 Å². The van der Waals surface area contributed by atoms with Crippen LogP contribution in [0.25, 0.3) is 0 Å². The molecule has 0 aliphatic carbocycles.